The number of hydrogen-bond acceptors (Lipinski definition) is 6. The SMILES string of the molecule is CC(=O)N(CCN(C)C)c1ccc(N=C(c2ccc3nccnc3c2)c2c(O)[nH]c3cc(F)ccc23)cc1. The zero-order valence-corrected chi connectivity index (χ0v) is 21.3. The summed E-state index contributed by atoms with van der Waals surface area (Å²) >= 11 is 0. The van der Waals surface area contributed by atoms with Gasteiger partial charge in [-0.2, -0.15) is 0 Å². The van der Waals surface area contributed by atoms with Gasteiger partial charge in [0.2, 0.25) is 5.91 Å². The predicted octanol–water partition coefficient (Wildman–Crippen LogP) is 5.04. The molecule has 0 fully saturated rings. The maximum absolute atomic E-state index is 13.9. The first-order valence-electron chi connectivity index (χ1n) is 12.1. The summed E-state index contributed by atoms with van der Waals surface area (Å²) in [7, 11) is 3.93. The Morgan fingerprint density at radius 2 is 1.71 bits per heavy atom. The van der Waals surface area contributed by atoms with Crippen LogP contribution in [0, 0.1) is 5.82 Å². The minimum absolute atomic E-state index is 0.0444. The lowest BCUT2D eigenvalue weighted by Crippen LogP contribution is -2.35. The number of aromatic hydroxyl groups is 1. The number of aliphatic imine (C=N–C) groups is 1. The highest BCUT2D eigenvalue weighted by molar-refractivity contribution is 6.22. The molecule has 0 saturated carbocycles. The van der Waals surface area contributed by atoms with E-state index in [4.69, 9.17) is 4.99 Å². The number of carbonyl (C=O) groups is 1. The van der Waals surface area contributed by atoms with E-state index in [1.54, 1.807) is 30.3 Å². The van der Waals surface area contributed by atoms with E-state index < -0.39 is 5.82 Å². The average molecular weight is 511 g/mol. The van der Waals surface area contributed by atoms with Crippen LogP contribution in [-0.2, 0) is 4.79 Å². The summed E-state index contributed by atoms with van der Waals surface area (Å²) in [5.74, 6) is -0.576. The van der Waals surface area contributed by atoms with Crippen LogP contribution in [0.25, 0.3) is 21.9 Å². The van der Waals surface area contributed by atoms with Crippen molar-refractivity contribution in [1.82, 2.24) is 19.9 Å². The summed E-state index contributed by atoms with van der Waals surface area (Å²) in [4.78, 5) is 32.5. The van der Waals surface area contributed by atoms with Crippen LogP contribution >= 0.6 is 0 Å². The first-order valence-corrected chi connectivity index (χ1v) is 12.1. The lowest BCUT2D eigenvalue weighted by molar-refractivity contribution is -0.116. The molecule has 3 aromatic carbocycles. The second-order valence-corrected chi connectivity index (χ2v) is 9.25. The van der Waals surface area contributed by atoms with Gasteiger partial charge in [-0.3, -0.25) is 14.8 Å². The lowest BCUT2D eigenvalue weighted by atomic mass is 10.00. The highest BCUT2D eigenvalue weighted by Gasteiger charge is 2.20. The van der Waals surface area contributed by atoms with Gasteiger partial charge in [0, 0.05) is 49.0 Å². The van der Waals surface area contributed by atoms with Crippen molar-refractivity contribution in [2.75, 3.05) is 32.1 Å². The Kier molecular flexibility index (Phi) is 6.85. The van der Waals surface area contributed by atoms with Crippen molar-refractivity contribution >= 4 is 44.9 Å². The Bertz CT molecular complexity index is 1660. The summed E-state index contributed by atoms with van der Waals surface area (Å²) in [6, 6.07) is 17.2. The number of nitrogens with one attached hydrogen (secondary N) is 1. The Balaban J connectivity index is 1.62. The van der Waals surface area contributed by atoms with Crippen LogP contribution in [-0.4, -0.2) is 63.8 Å². The number of anilines is 1. The summed E-state index contributed by atoms with van der Waals surface area (Å²) in [5, 5.41) is 11.5. The molecular formula is C29H27FN6O2. The van der Waals surface area contributed by atoms with Gasteiger partial charge in [0.25, 0.3) is 0 Å². The quantitative estimate of drug-likeness (QED) is 0.299. The summed E-state index contributed by atoms with van der Waals surface area (Å²) in [6.07, 6.45) is 3.24. The van der Waals surface area contributed by atoms with E-state index >= 15 is 0 Å². The topological polar surface area (TPSA) is 97.7 Å². The largest absolute Gasteiger partial charge is 0.494 e. The maximum Gasteiger partial charge on any atom is 0.223 e. The number of H-pyrrole nitrogens is 1. The second-order valence-electron chi connectivity index (χ2n) is 9.25. The number of halogens is 1. The molecule has 0 saturated heterocycles. The van der Waals surface area contributed by atoms with E-state index in [1.165, 1.54) is 12.1 Å². The van der Waals surface area contributed by atoms with E-state index in [1.807, 2.05) is 61.5 Å². The fourth-order valence-corrected chi connectivity index (χ4v) is 4.38. The highest BCUT2D eigenvalue weighted by Crippen LogP contribution is 2.33. The Labute approximate surface area is 219 Å². The van der Waals surface area contributed by atoms with Gasteiger partial charge < -0.3 is 19.9 Å². The van der Waals surface area contributed by atoms with Crippen LogP contribution < -0.4 is 4.90 Å². The van der Waals surface area contributed by atoms with Crippen LogP contribution in [0.1, 0.15) is 18.1 Å². The molecule has 5 rings (SSSR count). The lowest BCUT2D eigenvalue weighted by Gasteiger charge is -2.23. The number of rotatable bonds is 7. The smallest absolute Gasteiger partial charge is 0.223 e. The number of fused-ring (bicyclic) bond motifs is 2. The highest BCUT2D eigenvalue weighted by atomic mass is 19.1. The fourth-order valence-electron chi connectivity index (χ4n) is 4.38. The third kappa shape index (κ3) is 5.09. The minimum atomic E-state index is -0.412. The molecule has 5 aromatic rings. The van der Waals surface area contributed by atoms with E-state index in [9.17, 15) is 14.3 Å². The molecule has 9 heteroatoms. The molecule has 0 atom stereocenters. The number of amides is 1. The molecule has 0 aliphatic carbocycles. The molecule has 2 N–H and O–H groups in total. The first-order chi connectivity index (χ1) is 18.3. The molecule has 192 valence electrons. The third-order valence-electron chi connectivity index (χ3n) is 6.27. The Hall–Kier alpha value is -4.63. The van der Waals surface area contributed by atoms with Crippen molar-refractivity contribution in [3.8, 4) is 5.88 Å². The van der Waals surface area contributed by atoms with E-state index in [0.717, 1.165) is 17.7 Å². The molecule has 2 heterocycles. The van der Waals surface area contributed by atoms with Gasteiger partial charge in [0.1, 0.15) is 5.82 Å². The van der Waals surface area contributed by atoms with Crippen molar-refractivity contribution in [2.45, 2.75) is 6.92 Å². The van der Waals surface area contributed by atoms with Crippen molar-refractivity contribution in [2.24, 2.45) is 4.99 Å². The molecule has 8 nitrogen and oxygen atoms in total. The van der Waals surface area contributed by atoms with E-state index in [-0.39, 0.29) is 11.8 Å². The number of benzene rings is 3. The molecule has 0 aliphatic rings. The summed E-state index contributed by atoms with van der Waals surface area (Å²) in [6.45, 7) is 2.84. The molecule has 0 aliphatic heterocycles. The molecule has 0 radical (unpaired) electrons. The fraction of sp³-hybridized carbons (Fsp3) is 0.172. The number of aromatic nitrogens is 3. The van der Waals surface area contributed by atoms with Crippen LogP contribution in [0.4, 0.5) is 15.8 Å². The molecule has 2 aromatic heterocycles. The van der Waals surface area contributed by atoms with Crippen molar-refractivity contribution in [1.29, 1.82) is 0 Å². The van der Waals surface area contributed by atoms with E-state index in [2.05, 4.69) is 15.0 Å². The standard InChI is InChI=1S/C29H27FN6O2/c1-18(37)36(15-14-35(2)3)22-8-6-21(7-9-22)33-28(19-4-11-24-26(16-19)32-13-12-31-24)27-23-10-5-20(30)17-25(23)34-29(27)38/h4-13,16-17,34,38H,14-15H2,1-3H3. The number of aromatic amines is 1. The Morgan fingerprint density at radius 3 is 2.42 bits per heavy atom. The average Bonchev–Trinajstić information content (AvgIpc) is 3.22. The molecule has 0 spiro atoms. The van der Waals surface area contributed by atoms with Crippen LogP contribution in [0.3, 0.4) is 0 Å². The van der Waals surface area contributed by atoms with Gasteiger partial charge in [-0.25, -0.2) is 9.38 Å². The molecular weight excluding hydrogens is 483 g/mol. The summed E-state index contributed by atoms with van der Waals surface area (Å²) in [5.41, 5.74) is 4.89. The monoisotopic (exact) mass is 510 g/mol. The van der Waals surface area contributed by atoms with Crippen molar-refractivity contribution in [3.63, 3.8) is 0 Å². The van der Waals surface area contributed by atoms with Crippen molar-refractivity contribution in [3.05, 3.63) is 90.0 Å². The molecule has 0 unspecified atom stereocenters. The third-order valence-corrected chi connectivity index (χ3v) is 6.27. The zero-order chi connectivity index (χ0) is 26.8. The maximum atomic E-state index is 13.9. The van der Waals surface area contributed by atoms with Gasteiger partial charge in [-0.15, -0.1) is 0 Å². The van der Waals surface area contributed by atoms with Gasteiger partial charge in [0.05, 0.1) is 33.5 Å². The first kappa shape index (κ1) is 25.0. The van der Waals surface area contributed by atoms with Crippen LogP contribution in [0.2, 0.25) is 0 Å². The zero-order valence-electron chi connectivity index (χ0n) is 21.3. The van der Waals surface area contributed by atoms with E-state index in [0.29, 0.717) is 45.5 Å². The van der Waals surface area contributed by atoms with Gasteiger partial charge in [-0.1, -0.05) is 6.07 Å². The number of nitrogens with zero attached hydrogens (tertiary/aromatic N) is 5. The second kappa shape index (κ2) is 10.4. The molecule has 38 heavy (non-hydrogen) atoms. The normalized spacial score (nSPS) is 12.0. The van der Waals surface area contributed by atoms with Gasteiger partial charge >= 0.3 is 0 Å². The van der Waals surface area contributed by atoms with Crippen molar-refractivity contribution < 1.29 is 14.3 Å². The number of likely N-dealkylation sites (N-methyl/N-ethyl adjacent to an activating group) is 1. The predicted molar refractivity (Wildman–Crippen MR) is 148 cm³/mol. The van der Waals surface area contributed by atoms with Crippen LogP contribution in [0.5, 0.6) is 5.88 Å². The van der Waals surface area contributed by atoms with Gasteiger partial charge in [0.15, 0.2) is 5.88 Å². The Morgan fingerprint density at radius 1 is 0.974 bits per heavy atom. The number of carbonyl (C=O) groups excluding carboxylic acids is 1. The van der Waals surface area contributed by atoms with Gasteiger partial charge in [-0.05, 0) is 68.7 Å². The number of hydrogen-bond donors (Lipinski definition) is 2. The molecule has 0 bridgehead atoms. The minimum Gasteiger partial charge on any atom is -0.494 e. The van der Waals surface area contributed by atoms with Crippen LogP contribution in [0.15, 0.2) is 78.0 Å². The molecule has 1 amide bonds. The summed E-state index contributed by atoms with van der Waals surface area (Å²) < 4.78 is 13.9.